The van der Waals surface area contributed by atoms with E-state index >= 15 is 0 Å². The molecule has 1 aromatic carbocycles. The normalized spacial score (nSPS) is 22.8. The summed E-state index contributed by atoms with van der Waals surface area (Å²) in [4.78, 5) is 2.64. The van der Waals surface area contributed by atoms with E-state index in [0.29, 0.717) is 0 Å². The van der Waals surface area contributed by atoms with E-state index in [1.807, 2.05) is 0 Å². The van der Waals surface area contributed by atoms with Crippen LogP contribution in [0.5, 0.6) is 5.75 Å². The minimum Gasteiger partial charge on any atom is -0.493 e. The SMILES string of the molecule is Cc1ccc(C)c(OCCCCN2C[C@H](C)C[C@H](C)C2)c1C. The third kappa shape index (κ3) is 4.74. The predicted octanol–water partition coefficient (Wildman–Crippen LogP) is 4.75. The molecule has 22 heavy (non-hydrogen) atoms. The Balaban J connectivity index is 1.71. The molecular weight excluding hydrogens is 270 g/mol. The number of nitrogens with zero attached hydrogens (tertiary/aromatic N) is 1. The standard InChI is InChI=1S/C20H33NO/c1-15-12-16(2)14-21(13-15)10-6-7-11-22-20-18(4)9-8-17(3)19(20)5/h8-9,15-16H,6-7,10-14H2,1-5H3/t15-,16+. The first kappa shape index (κ1) is 17.3. The highest BCUT2D eigenvalue weighted by Crippen LogP contribution is 2.26. The van der Waals surface area contributed by atoms with E-state index in [2.05, 4.69) is 51.7 Å². The highest BCUT2D eigenvalue weighted by molar-refractivity contribution is 5.44. The van der Waals surface area contributed by atoms with Crippen LogP contribution >= 0.6 is 0 Å². The molecule has 1 saturated heterocycles. The molecule has 0 saturated carbocycles. The van der Waals surface area contributed by atoms with Crippen LogP contribution in [-0.2, 0) is 0 Å². The summed E-state index contributed by atoms with van der Waals surface area (Å²) >= 11 is 0. The molecule has 2 heteroatoms. The Kier molecular flexibility index (Phi) is 6.31. The summed E-state index contributed by atoms with van der Waals surface area (Å²) in [5.41, 5.74) is 3.86. The van der Waals surface area contributed by atoms with Gasteiger partial charge in [0.15, 0.2) is 0 Å². The molecule has 0 aromatic heterocycles. The fourth-order valence-electron chi connectivity index (χ4n) is 3.73. The molecule has 1 fully saturated rings. The van der Waals surface area contributed by atoms with Crippen molar-refractivity contribution in [1.82, 2.24) is 4.90 Å². The molecule has 124 valence electrons. The zero-order chi connectivity index (χ0) is 16.1. The monoisotopic (exact) mass is 303 g/mol. The summed E-state index contributed by atoms with van der Waals surface area (Å²) in [6, 6.07) is 4.34. The smallest absolute Gasteiger partial charge is 0.125 e. The van der Waals surface area contributed by atoms with Crippen LogP contribution < -0.4 is 4.74 Å². The number of benzene rings is 1. The predicted molar refractivity (Wildman–Crippen MR) is 94.8 cm³/mol. The van der Waals surface area contributed by atoms with E-state index in [-0.39, 0.29) is 0 Å². The number of rotatable bonds is 6. The van der Waals surface area contributed by atoms with Crippen LogP contribution in [-0.4, -0.2) is 31.1 Å². The first-order valence-electron chi connectivity index (χ1n) is 8.89. The van der Waals surface area contributed by atoms with Crippen molar-refractivity contribution in [2.24, 2.45) is 11.8 Å². The topological polar surface area (TPSA) is 12.5 Å². The van der Waals surface area contributed by atoms with Gasteiger partial charge in [-0.25, -0.2) is 0 Å². The van der Waals surface area contributed by atoms with Crippen molar-refractivity contribution in [3.05, 3.63) is 28.8 Å². The average molecular weight is 303 g/mol. The number of aryl methyl sites for hydroxylation is 2. The lowest BCUT2D eigenvalue weighted by atomic mass is 9.92. The second-order valence-corrected chi connectivity index (χ2v) is 7.41. The summed E-state index contributed by atoms with van der Waals surface area (Å²) in [6.45, 7) is 15.8. The number of hydrogen-bond acceptors (Lipinski definition) is 2. The maximum absolute atomic E-state index is 6.06. The summed E-state index contributed by atoms with van der Waals surface area (Å²) in [6.07, 6.45) is 3.78. The van der Waals surface area contributed by atoms with E-state index in [1.54, 1.807) is 0 Å². The highest BCUT2D eigenvalue weighted by atomic mass is 16.5. The summed E-state index contributed by atoms with van der Waals surface area (Å²) in [7, 11) is 0. The molecule has 2 rings (SSSR count). The van der Waals surface area contributed by atoms with Gasteiger partial charge in [-0.15, -0.1) is 0 Å². The Bertz CT molecular complexity index is 473. The molecule has 1 aliphatic rings. The first-order valence-corrected chi connectivity index (χ1v) is 8.89. The Morgan fingerprint density at radius 3 is 2.32 bits per heavy atom. The Morgan fingerprint density at radius 1 is 1.00 bits per heavy atom. The first-order chi connectivity index (χ1) is 10.5. The molecule has 0 aliphatic carbocycles. The van der Waals surface area contributed by atoms with Crippen LogP contribution in [0.3, 0.4) is 0 Å². The van der Waals surface area contributed by atoms with Crippen LogP contribution in [0.15, 0.2) is 12.1 Å². The number of ether oxygens (including phenoxy) is 1. The Hall–Kier alpha value is -1.02. The van der Waals surface area contributed by atoms with Gasteiger partial charge in [-0.05, 0) is 75.1 Å². The van der Waals surface area contributed by atoms with Crippen molar-refractivity contribution in [2.75, 3.05) is 26.2 Å². The summed E-state index contributed by atoms with van der Waals surface area (Å²) < 4.78 is 6.06. The van der Waals surface area contributed by atoms with E-state index in [1.165, 1.54) is 49.2 Å². The zero-order valence-electron chi connectivity index (χ0n) is 15.1. The number of likely N-dealkylation sites (tertiary alicyclic amines) is 1. The molecule has 1 heterocycles. The van der Waals surface area contributed by atoms with Crippen molar-refractivity contribution < 1.29 is 4.74 Å². The van der Waals surface area contributed by atoms with Gasteiger partial charge in [0.25, 0.3) is 0 Å². The van der Waals surface area contributed by atoms with Crippen LogP contribution in [0.2, 0.25) is 0 Å². The zero-order valence-corrected chi connectivity index (χ0v) is 15.1. The van der Waals surface area contributed by atoms with E-state index in [0.717, 1.165) is 30.6 Å². The number of unbranched alkanes of at least 4 members (excludes halogenated alkanes) is 1. The van der Waals surface area contributed by atoms with Crippen molar-refractivity contribution in [3.8, 4) is 5.75 Å². The van der Waals surface area contributed by atoms with Crippen molar-refractivity contribution in [3.63, 3.8) is 0 Å². The average Bonchev–Trinajstić information content (AvgIpc) is 2.45. The fourth-order valence-corrected chi connectivity index (χ4v) is 3.73. The third-order valence-electron chi connectivity index (χ3n) is 4.93. The van der Waals surface area contributed by atoms with E-state index in [9.17, 15) is 0 Å². The van der Waals surface area contributed by atoms with Gasteiger partial charge in [0.1, 0.15) is 5.75 Å². The lowest BCUT2D eigenvalue weighted by Crippen LogP contribution is -2.39. The summed E-state index contributed by atoms with van der Waals surface area (Å²) in [5.74, 6) is 2.82. The molecule has 1 aliphatic heterocycles. The van der Waals surface area contributed by atoms with Crippen LogP contribution in [0.1, 0.15) is 49.8 Å². The van der Waals surface area contributed by atoms with E-state index in [4.69, 9.17) is 4.74 Å². The highest BCUT2D eigenvalue weighted by Gasteiger charge is 2.20. The molecule has 0 amide bonds. The molecule has 2 atom stereocenters. The lowest BCUT2D eigenvalue weighted by Gasteiger charge is -2.34. The molecule has 0 spiro atoms. The maximum Gasteiger partial charge on any atom is 0.125 e. The van der Waals surface area contributed by atoms with Crippen LogP contribution in [0, 0.1) is 32.6 Å². The van der Waals surface area contributed by atoms with Gasteiger partial charge >= 0.3 is 0 Å². The Labute approximate surface area is 136 Å². The fraction of sp³-hybridized carbons (Fsp3) is 0.700. The minimum absolute atomic E-state index is 0.837. The minimum atomic E-state index is 0.837. The van der Waals surface area contributed by atoms with Gasteiger partial charge in [-0.2, -0.15) is 0 Å². The Morgan fingerprint density at radius 2 is 1.64 bits per heavy atom. The van der Waals surface area contributed by atoms with Gasteiger partial charge in [0.05, 0.1) is 6.61 Å². The second kappa shape index (κ2) is 8.01. The molecule has 2 nitrogen and oxygen atoms in total. The molecule has 0 N–H and O–H groups in total. The maximum atomic E-state index is 6.06. The van der Waals surface area contributed by atoms with Crippen LogP contribution in [0.4, 0.5) is 0 Å². The molecule has 1 aromatic rings. The molecule has 0 bridgehead atoms. The number of piperidine rings is 1. The van der Waals surface area contributed by atoms with Gasteiger partial charge < -0.3 is 9.64 Å². The van der Waals surface area contributed by atoms with Gasteiger partial charge in [0, 0.05) is 13.1 Å². The van der Waals surface area contributed by atoms with Gasteiger partial charge in [-0.1, -0.05) is 26.0 Å². The van der Waals surface area contributed by atoms with Gasteiger partial charge in [0.2, 0.25) is 0 Å². The molecule has 0 radical (unpaired) electrons. The third-order valence-corrected chi connectivity index (χ3v) is 4.93. The largest absolute Gasteiger partial charge is 0.493 e. The molecular formula is C20H33NO. The quantitative estimate of drug-likeness (QED) is 0.703. The second-order valence-electron chi connectivity index (χ2n) is 7.41. The van der Waals surface area contributed by atoms with Gasteiger partial charge in [-0.3, -0.25) is 0 Å². The van der Waals surface area contributed by atoms with Crippen LogP contribution in [0.25, 0.3) is 0 Å². The van der Waals surface area contributed by atoms with Crippen molar-refractivity contribution in [1.29, 1.82) is 0 Å². The van der Waals surface area contributed by atoms with Crippen molar-refractivity contribution in [2.45, 2.75) is 53.9 Å². The molecule has 0 unspecified atom stereocenters. The number of hydrogen-bond donors (Lipinski definition) is 0. The lowest BCUT2D eigenvalue weighted by molar-refractivity contribution is 0.136. The van der Waals surface area contributed by atoms with E-state index < -0.39 is 0 Å². The van der Waals surface area contributed by atoms with Crippen molar-refractivity contribution >= 4 is 0 Å². The summed E-state index contributed by atoms with van der Waals surface area (Å²) in [5, 5.41) is 0.